The normalized spacial score (nSPS) is 12.8. The van der Waals surface area contributed by atoms with Gasteiger partial charge in [-0.2, -0.15) is 4.57 Å². The van der Waals surface area contributed by atoms with E-state index in [0.29, 0.717) is 0 Å². The highest BCUT2D eigenvalue weighted by Crippen LogP contribution is 2.40. The predicted octanol–water partition coefficient (Wildman–Crippen LogP) is 5.61. The van der Waals surface area contributed by atoms with Crippen molar-refractivity contribution in [1.82, 2.24) is 0 Å². The average Bonchev–Trinajstić information content (AvgIpc) is 3.13. The van der Waals surface area contributed by atoms with Crippen molar-refractivity contribution in [3.05, 3.63) is 54.2 Å². The van der Waals surface area contributed by atoms with Gasteiger partial charge in [0.2, 0.25) is 5.58 Å². The van der Waals surface area contributed by atoms with Crippen LogP contribution < -0.4 is 4.57 Å². The third-order valence-corrected chi connectivity index (χ3v) is 4.99. The van der Waals surface area contributed by atoms with Gasteiger partial charge in [0.15, 0.2) is 11.3 Å². The molecule has 0 atom stereocenters. The van der Waals surface area contributed by atoms with Gasteiger partial charge in [0, 0.05) is 10.8 Å². The highest BCUT2D eigenvalue weighted by atomic mass is 16.4. The van der Waals surface area contributed by atoms with Gasteiger partial charge in [-0.3, -0.25) is 0 Å². The van der Waals surface area contributed by atoms with Gasteiger partial charge in [-0.25, -0.2) is 0 Å². The summed E-state index contributed by atoms with van der Waals surface area (Å²) in [5.41, 5.74) is 5.76. The minimum absolute atomic E-state index is 0.0355. The zero-order chi connectivity index (χ0) is 17.3. The van der Waals surface area contributed by atoms with Crippen molar-refractivity contribution in [2.45, 2.75) is 26.2 Å². The Bertz CT molecular complexity index is 1280. The number of para-hydroxylation sites is 2. The first-order valence-electron chi connectivity index (χ1n) is 8.62. The Morgan fingerprint density at radius 1 is 0.760 bits per heavy atom. The van der Waals surface area contributed by atoms with Crippen LogP contribution in [0, 0.1) is 0 Å². The van der Waals surface area contributed by atoms with E-state index in [1.54, 1.807) is 0 Å². The molecule has 0 spiro atoms. The van der Waals surface area contributed by atoms with E-state index in [1.807, 2.05) is 24.3 Å². The lowest BCUT2D eigenvalue weighted by Gasteiger charge is -2.17. The fourth-order valence-electron chi connectivity index (χ4n) is 4.12. The van der Waals surface area contributed by atoms with Crippen LogP contribution in [0.3, 0.4) is 0 Å². The molecule has 3 aromatic heterocycles. The highest BCUT2D eigenvalue weighted by molar-refractivity contribution is 6.16. The number of furan rings is 2. The summed E-state index contributed by atoms with van der Waals surface area (Å²) in [4.78, 5) is 0. The standard InChI is InChI=1S/C22H20NO2/c1-22(2,3)21-17-13-9-5-7-11-15(13)24-19(17)20-18(23(21)4)14-10-6-8-12-16(14)25-20/h5-12H,1-4H3/q+1. The summed E-state index contributed by atoms with van der Waals surface area (Å²) in [6, 6.07) is 16.4. The van der Waals surface area contributed by atoms with Crippen molar-refractivity contribution in [3.8, 4) is 0 Å². The van der Waals surface area contributed by atoms with Crippen LogP contribution in [0.15, 0.2) is 57.4 Å². The van der Waals surface area contributed by atoms with Crippen LogP contribution in [0.2, 0.25) is 0 Å². The Kier molecular flexibility index (Phi) is 2.69. The summed E-state index contributed by atoms with van der Waals surface area (Å²) < 4.78 is 14.8. The number of fused-ring (bicyclic) bond motifs is 7. The number of aryl methyl sites for hydroxylation is 1. The third kappa shape index (κ3) is 1.84. The summed E-state index contributed by atoms with van der Waals surface area (Å²) in [6.45, 7) is 6.74. The van der Waals surface area contributed by atoms with E-state index in [-0.39, 0.29) is 5.41 Å². The number of benzene rings is 2. The molecule has 25 heavy (non-hydrogen) atoms. The number of hydrogen-bond donors (Lipinski definition) is 0. The van der Waals surface area contributed by atoms with E-state index < -0.39 is 0 Å². The minimum Gasteiger partial charge on any atom is -0.452 e. The zero-order valence-corrected chi connectivity index (χ0v) is 14.9. The molecule has 3 heteroatoms. The van der Waals surface area contributed by atoms with Gasteiger partial charge in [-0.05, 0) is 18.2 Å². The van der Waals surface area contributed by atoms with E-state index in [9.17, 15) is 0 Å². The molecule has 3 nitrogen and oxygen atoms in total. The molecule has 0 N–H and O–H groups in total. The van der Waals surface area contributed by atoms with Crippen LogP contribution in [0.5, 0.6) is 0 Å². The number of pyridine rings is 1. The fraction of sp³-hybridized carbons (Fsp3) is 0.227. The van der Waals surface area contributed by atoms with Gasteiger partial charge in [-0.15, -0.1) is 0 Å². The summed E-state index contributed by atoms with van der Waals surface area (Å²) >= 11 is 0. The van der Waals surface area contributed by atoms with Crippen LogP contribution in [-0.4, -0.2) is 0 Å². The molecular formula is C22H20NO2+. The SMILES string of the molecule is C[n+]1c(C(C)(C)C)c2c3ccccc3oc2c2oc3ccccc3c21. The summed E-state index contributed by atoms with van der Waals surface area (Å²) in [7, 11) is 2.13. The second-order valence-corrected chi connectivity index (χ2v) is 7.74. The maximum atomic E-state index is 6.28. The molecule has 0 radical (unpaired) electrons. The lowest BCUT2D eigenvalue weighted by molar-refractivity contribution is -0.654. The van der Waals surface area contributed by atoms with E-state index >= 15 is 0 Å². The van der Waals surface area contributed by atoms with Crippen LogP contribution in [-0.2, 0) is 12.5 Å². The topological polar surface area (TPSA) is 30.2 Å². The lowest BCUT2D eigenvalue weighted by atomic mass is 9.87. The molecule has 2 aromatic carbocycles. The number of rotatable bonds is 0. The maximum Gasteiger partial charge on any atom is 0.263 e. The van der Waals surface area contributed by atoms with Crippen molar-refractivity contribution >= 4 is 44.0 Å². The van der Waals surface area contributed by atoms with Gasteiger partial charge in [-0.1, -0.05) is 51.1 Å². The van der Waals surface area contributed by atoms with Crippen molar-refractivity contribution in [1.29, 1.82) is 0 Å². The smallest absolute Gasteiger partial charge is 0.263 e. The van der Waals surface area contributed by atoms with Gasteiger partial charge in [0.1, 0.15) is 18.2 Å². The van der Waals surface area contributed by atoms with Gasteiger partial charge < -0.3 is 8.83 Å². The molecule has 124 valence electrons. The van der Waals surface area contributed by atoms with Crippen molar-refractivity contribution in [2.24, 2.45) is 7.05 Å². The first-order chi connectivity index (χ1) is 12.0. The molecule has 0 aliphatic heterocycles. The van der Waals surface area contributed by atoms with Crippen LogP contribution in [0.25, 0.3) is 44.0 Å². The molecule has 0 amide bonds. The minimum atomic E-state index is -0.0355. The Hall–Kier alpha value is -2.81. The average molecular weight is 330 g/mol. The van der Waals surface area contributed by atoms with E-state index in [2.05, 4.69) is 56.7 Å². The van der Waals surface area contributed by atoms with E-state index in [1.165, 1.54) is 5.69 Å². The van der Waals surface area contributed by atoms with Crippen molar-refractivity contribution < 1.29 is 13.4 Å². The van der Waals surface area contributed by atoms with Gasteiger partial charge in [0.05, 0.1) is 10.8 Å². The first kappa shape index (κ1) is 14.5. The second-order valence-electron chi connectivity index (χ2n) is 7.74. The number of nitrogens with zero attached hydrogens (tertiary/aromatic N) is 1. The molecule has 0 aliphatic rings. The molecule has 3 heterocycles. The summed E-state index contributed by atoms with van der Waals surface area (Å²) in [5, 5.41) is 3.41. The van der Waals surface area contributed by atoms with Gasteiger partial charge >= 0.3 is 0 Å². The van der Waals surface area contributed by atoms with E-state index in [4.69, 9.17) is 8.83 Å². The second kappa shape index (κ2) is 4.63. The van der Waals surface area contributed by atoms with E-state index in [0.717, 1.165) is 44.0 Å². The zero-order valence-electron chi connectivity index (χ0n) is 14.9. The molecule has 0 fully saturated rings. The Morgan fingerprint density at radius 3 is 2.00 bits per heavy atom. The number of aromatic nitrogens is 1. The van der Waals surface area contributed by atoms with Crippen LogP contribution in [0.4, 0.5) is 0 Å². The highest BCUT2D eigenvalue weighted by Gasteiger charge is 2.35. The molecule has 5 aromatic rings. The quantitative estimate of drug-likeness (QED) is 0.346. The molecule has 5 rings (SSSR count). The van der Waals surface area contributed by atoms with Crippen LogP contribution in [0.1, 0.15) is 26.5 Å². The fourth-order valence-corrected chi connectivity index (χ4v) is 4.12. The maximum absolute atomic E-state index is 6.28. The Labute approximate surface area is 145 Å². The number of hydrogen-bond acceptors (Lipinski definition) is 2. The molecule has 0 aliphatic carbocycles. The monoisotopic (exact) mass is 330 g/mol. The predicted molar refractivity (Wildman–Crippen MR) is 101 cm³/mol. The molecule has 0 saturated heterocycles. The lowest BCUT2D eigenvalue weighted by Crippen LogP contribution is -2.40. The van der Waals surface area contributed by atoms with Crippen LogP contribution >= 0.6 is 0 Å². The van der Waals surface area contributed by atoms with Gasteiger partial charge in [0.25, 0.3) is 5.52 Å². The Morgan fingerprint density at radius 2 is 1.32 bits per heavy atom. The molecule has 0 unspecified atom stereocenters. The first-order valence-corrected chi connectivity index (χ1v) is 8.62. The summed E-state index contributed by atoms with van der Waals surface area (Å²) in [6.07, 6.45) is 0. The summed E-state index contributed by atoms with van der Waals surface area (Å²) in [5.74, 6) is 0. The molecule has 0 bridgehead atoms. The largest absolute Gasteiger partial charge is 0.452 e. The van der Waals surface area contributed by atoms with Crippen molar-refractivity contribution in [2.75, 3.05) is 0 Å². The molecular weight excluding hydrogens is 310 g/mol. The van der Waals surface area contributed by atoms with Crippen molar-refractivity contribution in [3.63, 3.8) is 0 Å². The third-order valence-electron chi connectivity index (χ3n) is 4.99. The molecule has 0 saturated carbocycles. The Balaban J connectivity index is 2.17.